The maximum atomic E-state index is 13.8. The molecule has 1 spiro atoms. The van der Waals surface area contributed by atoms with Crippen LogP contribution < -0.4 is 10.6 Å². The van der Waals surface area contributed by atoms with Crippen LogP contribution in [0.15, 0.2) is 30.3 Å². The monoisotopic (exact) mass is 485 g/mol. The van der Waals surface area contributed by atoms with Gasteiger partial charge in [0.05, 0.1) is 17.9 Å². The Morgan fingerprint density at radius 2 is 1.83 bits per heavy atom. The summed E-state index contributed by atoms with van der Waals surface area (Å²) in [6.07, 6.45) is 1.89. The van der Waals surface area contributed by atoms with Crippen LogP contribution in [0.3, 0.4) is 0 Å². The Morgan fingerprint density at radius 3 is 2.46 bits per heavy atom. The van der Waals surface area contributed by atoms with E-state index in [1.807, 2.05) is 32.0 Å². The number of carbonyl (C=O) groups is 3. The number of hydrogen-bond donors (Lipinski definition) is 3. The van der Waals surface area contributed by atoms with Gasteiger partial charge in [0.15, 0.2) is 0 Å². The Kier molecular flexibility index (Phi) is 6.74. The Labute approximate surface area is 207 Å². The van der Waals surface area contributed by atoms with Gasteiger partial charge in [0.25, 0.3) is 0 Å². The molecule has 3 N–H and O–H groups in total. The van der Waals surface area contributed by atoms with Crippen LogP contribution in [0.4, 0.5) is 5.69 Å². The van der Waals surface area contributed by atoms with Gasteiger partial charge in [0.1, 0.15) is 11.6 Å². The number of amides is 3. The molecule has 3 aliphatic heterocycles. The molecule has 3 fully saturated rings. The van der Waals surface area contributed by atoms with Crippen molar-refractivity contribution in [3.8, 4) is 0 Å². The van der Waals surface area contributed by atoms with Crippen molar-refractivity contribution in [1.29, 1.82) is 0 Å². The van der Waals surface area contributed by atoms with Gasteiger partial charge in [-0.1, -0.05) is 39.0 Å². The molecule has 0 radical (unpaired) electrons. The molecule has 2 bridgehead atoms. The van der Waals surface area contributed by atoms with E-state index in [4.69, 9.17) is 4.74 Å². The number of benzene rings is 1. The third-order valence-corrected chi connectivity index (χ3v) is 7.38. The fourth-order valence-electron chi connectivity index (χ4n) is 6.75. The summed E-state index contributed by atoms with van der Waals surface area (Å²) in [4.78, 5) is 42.5. The Bertz CT molecular complexity index is 973. The Morgan fingerprint density at radius 1 is 1.14 bits per heavy atom. The molecule has 8 heteroatoms. The van der Waals surface area contributed by atoms with Crippen molar-refractivity contribution in [3.05, 3.63) is 30.3 Å². The van der Waals surface area contributed by atoms with Crippen LogP contribution in [0.1, 0.15) is 60.3 Å². The molecule has 8 nitrogen and oxygen atoms in total. The molecule has 4 rings (SSSR count). The van der Waals surface area contributed by atoms with Crippen LogP contribution in [0.25, 0.3) is 0 Å². The van der Waals surface area contributed by atoms with Crippen molar-refractivity contribution < 1.29 is 24.2 Å². The van der Waals surface area contributed by atoms with Gasteiger partial charge in [-0.2, -0.15) is 0 Å². The Balaban J connectivity index is 1.63. The minimum Gasteiger partial charge on any atom is -0.396 e. The van der Waals surface area contributed by atoms with E-state index in [-0.39, 0.29) is 36.3 Å². The maximum Gasteiger partial charge on any atom is 0.246 e. The third-order valence-electron chi connectivity index (χ3n) is 7.38. The summed E-state index contributed by atoms with van der Waals surface area (Å²) >= 11 is 0. The first-order valence-electron chi connectivity index (χ1n) is 12.7. The largest absolute Gasteiger partial charge is 0.396 e. The SMILES string of the molecule is CC(C)(C)CC(C)(C)NC(=O)C1N(CCCO)C(=O)[C@@H]2[C@H](C(=O)Nc3ccccc3)[C@@H]3CCC12O3. The van der Waals surface area contributed by atoms with Gasteiger partial charge in [-0.3, -0.25) is 14.4 Å². The van der Waals surface area contributed by atoms with Crippen molar-refractivity contribution in [1.82, 2.24) is 10.2 Å². The molecule has 1 aromatic rings. The van der Waals surface area contributed by atoms with Gasteiger partial charge in [0.2, 0.25) is 17.7 Å². The summed E-state index contributed by atoms with van der Waals surface area (Å²) in [5.74, 6) is -2.11. The highest BCUT2D eigenvalue weighted by atomic mass is 16.5. The fourth-order valence-corrected chi connectivity index (χ4v) is 6.75. The van der Waals surface area contributed by atoms with E-state index in [0.29, 0.717) is 24.9 Å². The van der Waals surface area contributed by atoms with Gasteiger partial charge < -0.3 is 25.4 Å². The smallest absolute Gasteiger partial charge is 0.246 e. The van der Waals surface area contributed by atoms with E-state index < -0.39 is 35.1 Å². The highest BCUT2D eigenvalue weighted by Gasteiger charge is 2.74. The summed E-state index contributed by atoms with van der Waals surface area (Å²) in [7, 11) is 0. The van der Waals surface area contributed by atoms with E-state index in [1.54, 1.807) is 17.0 Å². The predicted molar refractivity (Wildman–Crippen MR) is 132 cm³/mol. The molecular formula is C27H39N3O5. The molecule has 5 atom stereocenters. The van der Waals surface area contributed by atoms with Gasteiger partial charge in [-0.15, -0.1) is 0 Å². The molecule has 0 aliphatic carbocycles. The number of carbonyl (C=O) groups excluding carboxylic acids is 3. The lowest BCUT2D eigenvalue weighted by atomic mass is 9.70. The number of aliphatic hydroxyl groups excluding tert-OH is 1. The van der Waals surface area contributed by atoms with Crippen LogP contribution in [-0.4, -0.2) is 64.2 Å². The molecule has 192 valence electrons. The van der Waals surface area contributed by atoms with Crippen molar-refractivity contribution >= 4 is 23.4 Å². The number of aliphatic hydroxyl groups is 1. The summed E-state index contributed by atoms with van der Waals surface area (Å²) in [6, 6.07) is 8.33. The summed E-state index contributed by atoms with van der Waals surface area (Å²) in [5, 5.41) is 15.6. The lowest BCUT2D eigenvalue weighted by molar-refractivity contribution is -0.142. The highest BCUT2D eigenvalue weighted by molar-refractivity contribution is 6.02. The first-order chi connectivity index (χ1) is 16.4. The van der Waals surface area contributed by atoms with Crippen LogP contribution >= 0.6 is 0 Å². The average molecular weight is 486 g/mol. The molecular weight excluding hydrogens is 446 g/mol. The van der Waals surface area contributed by atoms with Crippen LogP contribution in [0.2, 0.25) is 0 Å². The van der Waals surface area contributed by atoms with Crippen LogP contribution in [0.5, 0.6) is 0 Å². The van der Waals surface area contributed by atoms with Gasteiger partial charge >= 0.3 is 0 Å². The number of hydrogen-bond acceptors (Lipinski definition) is 5. The zero-order chi connectivity index (χ0) is 25.6. The number of anilines is 1. The van der Waals surface area contributed by atoms with E-state index in [1.165, 1.54) is 0 Å². The van der Waals surface area contributed by atoms with E-state index in [0.717, 1.165) is 6.42 Å². The zero-order valence-electron chi connectivity index (χ0n) is 21.5. The zero-order valence-corrected chi connectivity index (χ0v) is 21.5. The molecule has 3 heterocycles. The highest BCUT2D eigenvalue weighted by Crippen LogP contribution is 2.58. The quantitative estimate of drug-likeness (QED) is 0.525. The molecule has 3 saturated heterocycles. The Hall–Kier alpha value is -2.45. The minimum atomic E-state index is -1.03. The van der Waals surface area contributed by atoms with Gasteiger partial charge in [-0.05, 0) is 57.1 Å². The van der Waals surface area contributed by atoms with Crippen molar-refractivity contribution in [2.24, 2.45) is 17.3 Å². The number of nitrogens with zero attached hydrogens (tertiary/aromatic N) is 1. The summed E-state index contributed by atoms with van der Waals surface area (Å²) in [6.45, 7) is 10.5. The number of likely N-dealkylation sites (tertiary alicyclic amines) is 1. The average Bonchev–Trinajstić information content (AvgIpc) is 3.38. The number of para-hydroxylation sites is 1. The normalized spacial score (nSPS) is 29.9. The molecule has 2 unspecified atom stereocenters. The molecule has 0 saturated carbocycles. The van der Waals surface area contributed by atoms with Crippen molar-refractivity contribution in [3.63, 3.8) is 0 Å². The van der Waals surface area contributed by atoms with Gasteiger partial charge in [-0.25, -0.2) is 0 Å². The number of ether oxygens (including phenoxy) is 1. The standard InChI is InChI=1S/C27H39N3O5/c1-25(2,3)16-26(4,5)29-23(33)21-27-13-12-18(35-27)19(20(27)24(34)30(21)14-9-15-31)22(32)28-17-10-7-6-8-11-17/h6-8,10-11,18-21,31H,9,12-16H2,1-5H3,(H,28,32)(H,29,33)/t18-,19+,20-,21?,27?/m0/s1. The predicted octanol–water partition coefficient (Wildman–Crippen LogP) is 2.71. The van der Waals surface area contributed by atoms with Crippen LogP contribution in [-0.2, 0) is 19.1 Å². The number of fused-ring (bicyclic) bond motifs is 1. The van der Waals surface area contributed by atoms with E-state index in [9.17, 15) is 19.5 Å². The number of rotatable bonds is 8. The fraction of sp³-hybridized carbons (Fsp3) is 0.667. The van der Waals surface area contributed by atoms with Crippen molar-refractivity contribution in [2.75, 3.05) is 18.5 Å². The second-order valence-electron chi connectivity index (χ2n) is 12.1. The number of nitrogens with one attached hydrogen (secondary N) is 2. The second kappa shape index (κ2) is 9.21. The van der Waals surface area contributed by atoms with Gasteiger partial charge in [0, 0.05) is 24.4 Å². The molecule has 3 amide bonds. The van der Waals surface area contributed by atoms with E-state index in [2.05, 4.69) is 31.4 Å². The summed E-state index contributed by atoms with van der Waals surface area (Å²) < 4.78 is 6.44. The molecule has 1 aromatic carbocycles. The third kappa shape index (κ3) is 4.83. The first-order valence-corrected chi connectivity index (χ1v) is 12.7. The minimum absolute atomic E-state index is 0.00259. The van der Waals surface area contributed by atoms with Crippen LogP contribution in [0, 0.1) is 17.3 Å². The molecule has 3 aliphatic rings. The topological polar surface area (TPSA) is 108 Å². The lowest BCUT2D eigenvalue weighted by Crippen LogP contribution is -2.59. The van der Waals surface area contributed by atoms with Crippen molar-refractivity contribution in [2.45, 2.75) is 83.6 Å². The maximum absolute atomic E-state index is 13.8. The van der Waals surface area contributed by atoms with E-state index >= 15 is 0 Å². The molecule has 35 heavy (non-hydrogen) atoms. The summed E-state index contributed by atoms with van der Waals surface area (Å²) in [5.41, 5.74) is -0.855. The molecule has 0 aromatic heterocycles. The first kappa shape index (κ1) is 25.6. The lowest BCUT2D eigenvalue weighted by Gasteiger charge is -2.38. The second-order valence-corrected chi connectivity index (χ2v) is 12.1.